The molecule has 3 atom stereocenters. The SMILES string of the molecule is CCC(C)C1CN(Cc2ccc(F)cc2)C(C2CC2)CN1. The second-order valence-electron chi connectivity index (χ2n) is 6.86. The Morgan fingerprint density at radius 2 is 2.00 bits per heavy atom. The zero-order valence-electron chi connectivity index (χ0n) is 13.2. The van der Waals surface area contributed by atoms with Gasteiger partial charge in [0.2, 0.25) is 0 Å². The number of nitrogens with one attached hydrogen (secondary N) is 1. The number of nitrogens with zero attached hydrogens (tertiary/aromatic N) is 1. The van der Waals surface area contributed by atoms with E-state index in [1.165, 1.54) is 24.8 Å². The van der Waals surface area contributed by atoms with Crippen LogP contribution in [0.25, 0.3) is 0 Å². The smallest absolute Gasteiger partial charge is 0.123 e. The molecule has 21 heavy (non-hydrogen) atoms. The van der Waals surface area contributed by atoms with Crippen LogP contribution >= 0.6 is 0 Å². The van der Waals surface area contributed by atoms with Gasteiger partial charge in [0.25, 0.3) is 0 Å². The van der Waals surface area contributed by atoms with Gasteiger partial charge in [-0.15, -0.1) is 0 Å². The first-order valence-corrected chi connectivity index (χ1v) is 8.39. The van der Waals surface area contributed by atoms with E-state index in [1.54, 1.807) is 12.1 Å². The van der Waals surface area contributed by atoms with Crippen LogP contribution in [-0.4, -0.2) is 30.1 Å². The summed E-state index contributed by atoms with van der Waals surface area (Å²) in [6, 6.07) is 8.27. The first-order valence-electron chi connectivity index (χ1n) is 8.39. The van der Waals surface area contributed by atoms with E-state index >= 15 is 0 Å². The van der Waals surface area contributed by atoms with Crippen LogP contribution in [0, 0.1) is 17.7 Å². The summed E-state index contributed by atoms with van der Waals surface area (Å²) in [7, 11) is 0. The Morgan fingerprint density at radius 3 is 2.62 bits per heavy atom. The van der Waals surface area contributed by atoms with Gasteiger partial charge in [-0.2, -0.15) is 0 Å². The van der Waals surface area contributed by atoms with Gasteiger partial charge in [-0.1, -0.05) is 32.4 Å². The maximum absolute atomic E-state index is 13.1. The Hall–Kier alpha value is -0.930. The van der Waals surface area contributed by atoms with Crippen molar-refractivity contribution in [1.29, 1.82) is 0 Å². The van der Waals surface area contributed by atoms with Gasteiger partial charge < -0.3 is 5.32 Å². The lowest BCUT2D eigenvalue weighted by molar-refractivity contribution is 0.0891. The van der Waals surface area contributed by atoms with E-state index in [0.717, 1.165) is 25.6 Å². The molecule has 1 aromatic rings. The fourth-order valence-corrected chi connectivity index (χ4v) is 3.47. The van der Waals surface area contributed by atoms with E-state index < -0.39 is 0 Å². The van der Waals surface area contributed by atoms with Crippen LogP contribution in [-0.2, 0) is 6.54 Å². The van der Waals surface area contributed by atoms with Crippen molar-refractivity contribution in [1.82, 2.24) is 10.2 Å². The van der Waals surface area contributed by atoms with Gasteiger partial charge in [0.05, 0.1) is 0 Å². The summed E-state index contributed by atoms with van der Waals surface area (Å²) in [5.41, 5.74) is 1.23. The molecule has 2 fully saturated rings. The summed E-state index contributed by atoms with van der Waals surface area (Å²) in [6.07, 6.45) is 3.97. The van der Waals surface area contributed by atoms with E-state index in [4.69, 9.17) is 0 Å². The Labute approximate surface area is 127 Å². The van der Waals surface area contributed by atoms with E-state index in [2.05, 4.69) is 24.1 Å². The van der Waals surface area contributed by atoms with Crippen molar-refractivity contribution < 1.29 is 4.39 Å². The predicted octanol–water partition coefficient (Wildman–Crippen LogP) is 3.42. The molecule has 1 N–H and O–H groups in total. The topological polar surface area (TPSA) is 15.3 Å². The van der Waals surface area contributed by atoms with Crippen molar-refractivity contribution in [3.8, 4) is 0 Å². The third-order valence-electron chi connectivity index (χ3n) is 5.29. The van der Waals surface area contributed by atoms with Crippen LogP contribution in [0.15, 0.2) is 24.3 Å². The maximum Gasteiger partial charge on any atom is 0.123 e. The van der Waals surface area contributed by atoms with E-state index in [0.29, 0.717) is 18.0 Å². The van der Waals surface area contributed by atoms with Gasteiger partial charge in [0, 0.05) is 31.7 Å². The number of rotatable bonds is 5. The van der Waals surface area contributed by atoms with Crippen molar-refractivity contribution >= 4 is 0 Å². The molecule has 0 radical (unpaired) electrons. The molecule has 116 valence electrons. The van der Waals surface area contributed by atoms with Gasteiger partial charge in [0.1, 0.15) is 5.82 Å². The van der Waals surface area contributed by atoms with Gasteiger partial charge in [-0.05, 0) is 42.4 Å². The molecule has 3 heteroatoms. The van der Waals surface area contributed by atoms with E-state index in [1.807, 2.05) is 12.1 Å². The summed E-state index contributed by atoms with van der Waals surface area (Å²) in [6.45, 7) is 7.79. The highest BCUT2D eigenvalue weighted by atomic mass is 19.1. The molecule has 2 aliphatic rings. The number of piperazine rings is 1. The predicted molar refractivity (Wildman–Crippen MR) is 84.6 cm³/mol. The molecule has 3 rings (SSSR count). The van der Waals surface area contributed by atoms with Crippen molar-refractivity contribution in [3.05, 3.63) is 35.6 Å². The van der Waals surface area contributed by atoms with Gasteiger partial charge in [-0.3, -0.25) is 4.90 Å². The lowest BCUT2D eigenvalue weighted by atomic mass is 9.94. The normalized spacial score (nSPS) is 28.5. The molecule has 1 aliphatic heterocycles. The average molecular weight is 290 g/mol. The number of hydrogen-bond acceptors (Lipinski definition) is 2. The van der Waals surface area contributed by atoms with Gasteiger partial charge in [0.15, 0.2) is 0 Å². The lowest BCUT2D eigenvalue weighted by Crippen LogP contribution is -2.58. The van der Waals surface area contributed by atoms with Crippen LogP contribution in [0.2, 0.25) is 0 Å². The second-order valence-corrected chi connectivity index (χ2v) is 6.86. The quantitative estimate of drug-likeness (QED) is 0.894. The molecular formula is C18H27FN2. The highest BCUT2D eigenvalue weighted by Gasteiger charge is 2.39. The third kappa shape index (κ3) is 3.64. The van der Waals surface area contributed by atoms with Gasteiger partial charge >= 0.3 is 0 Å². The molecule has 1 heterocycles. The minimum Gasteiger partial charge on any atom is -0.311 e. The molecule has 2 nitrogen and oxygen atoms in total. The molecule has 0 spiro atoms. The number of halogens is 1. The Kier molecular flexibility index (Phi) is 4.60. The van der Waals surface area contributed by atoms with Crippen LogP contribution in [0.1, 0.15) is 38.7 Å². The standard InChI is InChI=1S/C18H27FN2/c1-3-13(2)17-12-21(18(10-20-17)15-6-7-15)11-14-4-8-16(19)9-5-14/h4-5,8-9,13,15,17-18,20H,3,6-7,10-12H2,1-2H3. The summed E-state index contributed by atoms with van der Waals surface area (Å²) in [4.78, 5) is 2.64. The van der Waals surface area contributed by atoms with E-state index in [-0.39, 0.29) is 5.82 Å². The average Bonchev–Trinajstić information content (AvgIpc) is 3.33. The summed E-state index contributed by atoms with van der Waals surface area (Å²) >= 11 is 0. The maximum atomic E-state index is 13.1. The highest BCUT2D eigenvalue weighted by molar-refractivity contribution is 5.16. The summed E-state index contributed by atoms with van der Waals surface area (Å²) in [5, 5.41) is 3.76. The Morgan fingerprint density at radius 1 is 1.29 bits per heavy atom. The summed E-state index contributed by atoms with van der Waals surface area (Å²) < 4.78 is 13.1. The molecule has 0 aromatic heterocycles. The fraction of sp³-hybridized carbons (Fsp3) is 0.667. The first-order chi connectivity index (χ1) is 10.2. The van der Waals surface area contributed by atoms with Crippen molar-refractivity contribution in [3.63, 3.8) is 0 Å². The monoisotopic (exact) mass is 290 g/mol. The zero-order valence-corrected chi connectivity index (χ0v) is 13.2. The van der Waals surface area contributed by atoms with Crippen LogP contribution in [0.5, 0.6) is 0 Å². The molecule has 1 saturated heterocycles. The number of benzene rings is 1. The molecular weight excluding hydrogens is 263 g/mol. The minimum atomic E-state index is -0.143. The second kappa shape index (κ2) is 6.45. The summed E-state index contributed by atoms with van der Waals surface area (Å²) in [5.74, 6) is 1.44. The zero-order chi connectivity index (χ0) is 14.8. The molecule has 3 unspecified atom stereocenters. The molecule has 0 bridgehead atoms. The first kappa shape index (κ1) is 15.0. The molecule has 1 aliphatic carbocycles. The van der Waals surface area contributed by atoms with Crippen LogP contribution in [0.4, 0.5) is 4.39 Å². The lowest BCUT2D eigenvalue weighted by Gasteiger charge is -2.42. The Balaban J connectivity index is 1.69. The molecule has 1 aromatic carbocycles. The largest absolute Gasteiger partial charge is 0.311 e. The van der Waals surface area contributed by atoms with Crippen LogP contribution in [0.3, 0.4) is 0 Å². The van der Waals surface area contributed by atoms with Crippen molar-refractivity contribution in [2.45, 2.75) is 51.7 Å². The molecule has 1 saturated carbocycles. The minimum absolute atomic E-state index is 0.143. The van der Waals surface area contributed by atoms with Crippen molar-refractivity contribution in [2.75, 3.05) is 13.1 Å². The Bertz CT molecular complexity index is 455. The van der Waals surface area contributed by atoms with E-state index in [9.17, 15) is 4.39 Å². The number of hydrogen-bond donors (Lipinski definition) is 1. The highest BCUT2D eigenvalue weighted by Crippen LogP contribution is 2.37. The molecule has 0 amide bonds. The van der Waals surface area contributed by atoms with Crippen molar-refractivity contribution in [2.24, 2.45) is 11.8 Å². The fourth-order valence-electron chi connectivity index (χ4n) is 3.47. The van der Waals surface area contributed by atoms with Gasteiger partial charge in [-0.25, -0.2) is 4.39 Å². The van der Waals surface area contributed by atoms with Crippen LogP contribution < -0.4 is 5.32 Å². The third-order valence-corrected chi connectivity index (χ3v) is 5.29.